The van der Waals surface area contributed by atoms with Crippen LogP contribution in [0.25, 0.3) is 5.65 Å². The molecule has 2 saturated heterocycles. The van der Waals surface area contributed by atoms with Gasteiger partial charge in [0, 0.05) is 50.7 Å². The second kappa shape index (κ2) is 15.2. The highest BCUT2D eigenvalue weighted by molar-refractivity contribution is 7.90. The number of hydrogen-bond acceptors (Lipinski definition) is 9. The maximum absolute atomic E-state index is 15.2. The molecule has 5 rings (SSSR count). The van der Waals surface area contributed by atoms with Gasteiger partial charge in [-0.05, 0) is 56.5 Å². The lowest BCUT2D eigenvalue weighted by Crippen LogP contribution is -2.46. The Balaban J connectivity index is 1.48. The number of ether oxygens (including phenoxy) is 1. The maximum Gasteiger partial charge on any atom is 0.394 e. The van der Waals surface area contributed by atoms with Crippen molar-refractivity contribution in [3.05, 3.63) is 54.5 Å². The molecule has 11 nitrogen and oxygen atoms in total. The largest absolute Gasteiger partial charge is 0.495 e. The van der Waals surface area contributed by atoms with Crippen molar-refractivity contribution in [2.24, 2.45) is 0 Å². The van der Waals surface area contributed by atoms with Gasteiger partial charge in [-0.1, -0.05) is 12.5 Å². The van der Waals surface area contributed by atoms with Crippen LogP contribution in [0.5, 0.6) is 5.75 Å². The Morgan fingerprint density at radius 3 is 2.52 bits per heavy atom. The molecule has 4 heterocycles. The Kier molecular flexibility index (Phi) is 11.2. The molecule has 2 aromatic heterocycles. The summed E-state index contributed by atoms with van der Waals surface area (Å²) in [5, 5.41) is 9.65. The van der Waals surface area contributed by atoms with Crippen molar-refractivity contribution in [2.45, 2.75) is 55.0 Å². The van der Waals surface area contributed by atoms with Crippen molar-refractivity contribution in [1.82, 2.24) is 19.2 Å². The van der Waals surface area contributed by atoms with Crippen molar-refractivity contribution in [3.8, 4) is 17.6 Å². The molecule has 3 N–H and O–H groups in total. The van der Waals surface area contributed by atoms with E-state index in [4.69, 9.17) is 4.74 Å². The summed E-state index contributed by atoms with van der Waals surface area (Å²) in [5.41, 5.74) is 1.26. The van der Waals surface area contributed by atoms with E-state index in [1.54, 1.807) is 17.2 Å². The number of nitrogens with zero attached hydrogens (tertiary/aromatic N) is 4. The number of rotatable bonds is 10. The predicted octanol–water partition coefficient (Wildman–Crippen LogP) is 4.36. The van der Waals surface area contributed by atoms with Gasteiger partial charge < -0.3 is 30.5 Å². The molecule has 2 aliphatic rings. The third-order valence-corrected chi connectivity index (χ3v) is 9.91. The number of piperidine rings is 2. The first-order valence-corrected chi connectivity index (χ1v) is 18.0. The van der Waals surface area contributed by atoms with Crippen LogP contribution in [-0.4, -0.2) is 111 Å². The van der Waals surface area contributed by atoms with Crippen LogP contribution in [0.3, 0.4) is 0 Å². The minimum atomic E-state index is -4.58. The summed E-state index contributed by atoms with van der Waals surface area (Å²) in [6.45, 7) is 5.39. The number of likely N-dealkylation sites (tertiary alicyclic amines) is 2. The molecule has 0 aliphatic carbocycles. The summed E-state index contributed by atoms with van der Waals surface area (Å²) in [6.07, 6.45) is -1.48. The molecular formula is C34H41F4N7O4S. The average molecular weight is 720 g/mol. The van der Waals surface area contributed by atoms with Crippen LogP contribution in [0, 0.1) is 11.8 Å². The number of carbonyl (C=O) groups excluding carboxylic acids is 1. The van der Waals surface area contributed by atoms with Gasteiger partial charge in [-0.3, -0.25) is 9.20 Å². The number of hydrogen-bond donors (Lipinski definition) is 3. The number of carbonyl (C=O) groups is 1. The molecule has 2 aliphatic heterocycles. The van der Waals surface area contributed by atoms with Crippen LogP contribution in [-0.2, 0) is 21.1 Å². The number of nitrogens with one attached hydrogen (secondary N) is 3. The smallest absolute Gasteiger partial charge is 0.394 e. The number of anilines is 3. The molecule has 0 saturated carbocycles. The fourth-order valence-electron chi connectivity index (χ4n) is 6.18. The van der Waals surface area contributed by atoms with E-state index in [0.29, 0.717) is 56.0 Å². The molecule has 0 unspecified atom stereocenters. The number of pyridine rings is 1. The fourth-order valence-corrected chi connectivity index (χ4v) is 6.82. The average Bonchev–Trinajstić information content (AvgIpc) is 3.39. The molecule has 1 aromatic carbocycles. The number of aromatic nitrogens is 2. The minimum Gasteiger partial charge on any atom is -0.495 e. The molecule has 16 heteroatoms. The van der Waals surface area contributed by atoms with E-state index in [9.17, 15) is 26.4 Å². The van der Waals surface area contributed by atoms with Gasteiger partial charge in [-0.2, -0.15) is 13.2 Å². The van der Waals surface area contributed by atoms with Gasteiger partial charge in [0.2, 0.25) is 5.91 Å². The third kappa shape index (κ3) is 8.99. The Hall–Kier alpha value is -4.49. The van der Waals surface area contributed by atoms with Crippen molar-refractivity contribution in [3.63, 3.8) is 0 Å². The number of benzene rings is 1. The lowest BCUT2D eigenvalue weighted by molar-refractivity contribution is -0.128. The van der Waals surface area contributed by atoms with E-state index in [1.807, 2.05) is 11.9 Å². The number of alkyl halides is 4. The Bertz CT molecular complexity index is 1900. The molecule has 3 aromatic rings. The van der Waals surface area contributed by atoms with E-state index in [0.717, 1.165) is 6.26 Å². The van der Waals surface area contributed by atoms with E-state index in [1.165, 1.54) is 35.8 Å². The normalized spacial score (nSPS) is 19.1. The van der Waals surface area contributed by atoms with Gasteiger partial charge in [0.1, 0.15) is 17.6 Å². The van der Waals surface area contributed by atoms with Crippen molar-refractivity contribution < 1.29 is 35.5 Å². The summed E-state index contributed by atoms with van der Waals surface area (Å²) < 4.78 is 87.8. The number of imidazole rings is 1. The Morgan fingerprint density at radius 1 is 1.14 bits per heavy atom. The van der Waals surface area contributed by atoms with E-state index >= 15 is 4.39 Å². The Morgan fingerprint density at radius 2 is 1.88 bits per heavy atom. The summed E-state index contributed by atoms with van der Waals surface area (Å²) in [4.78, 5) is 20.2. The van der Waals surface area contributed by atoms with Gasteiger partial charge >= 0.3 is 6.18 Å². The number of sulfone groups is 1. The quantitative estimate of drug-likeness (QED) is 0.160. The Labute approximate surface area is 289 Å². The van der Waals surface area contributed by atoms with Crippen LogP contribution in [0.1, 0.15) is 30.7 Å². The highest BCUT2D eigenvalue weighted by Crippen LogP contribution is 2.32. The zero-order valence-electron chi connectivity index (χ0n) is 28.1. The van der Waals surface area contributed by atoms with Gasteiger partial charge in [-0.15, -0.1) is 0 Å². The number of methoxy groups -OCH3 is 1. The topological polar surface area (TPSA) is 120 Å². The molecule has 2 fully saturated rings. The van der Waals surface area contributed by atoms with Crippen molar-refractivity contribution in [1.29, 1.82) is 0 Å². The zero-order valence-corrected chi connectivity index (χ0v) is 28.9. The minimum absolute atomic E-state index is 0.0159. The van der Waals surface area contributed by atoms with Gasteiger partial charge in [0.15, 0.2) is 15.5 Å². The zero-order chi connectivity index (χ0) is 36.2. The number of amides is 1. The standard InChI is InChI=1S/C34H41F4N7O4S/c1-5-32(46)44-15-10-22(11-16-44)40-23-17-29(41-26-12-14-43(2)21-25(26)35)33-42-27(30(45(33)20-23)19-34(36,37)38)7-6-13-39-28-9-8-24(50(4,47)48)18-31(28)49-3/h5,8-9,17-18,20,22,25-26,39-41H,1,10-16,19,21H2,2-4H3/t25-,26+/m0/s1. The second-order valence-corrected chi connectivity index (χ2v) is 14.6. The SMILES string of the molecule is C=CC(=O)N1CCC(Nc2cc(N[C@@H]3CCN(C)C[C@@H]3F)c3nc(C#CCNc4ccc(S(C)(=O)=O)cc4OC)c(CC(F)(F)F)n3c2)CC1. The molecule has 0 bridgehead atoms. The first-order chi connectivity index (χ1) is 23.6. The van der Waals surface area contributed by atoms with Crippen LogP contribution < -0.4 is 20.7 Å². The van der Waals surface area contributed by atoms with Crippen LogP contribution in [0.15, 0.2) is 48.0 Å². The monoisotopic (exact) mass is 719 g/mol. The summed E-state index contributed by atoms with van der Waals surface area (Å²) in [6, 6.07) is 5.39. The van der Waals surface area contributed by atoms with E-state index in [2.05, 4.69) is 39.4 Å². The third-order valence-electron chi connectivity index (χ3n) is 8.80. The molecule has 270 valence electrons. The number of fused-ring (bicyclic) bond motifs is 1. The highest BCUT2D eigenvalue weighted by atomic mass is 32.2. The molecule has 50 heavy (non-hydrogen) atoms. The fraction of sp³-hybridized carbons (Fsp3) is 0.471. The van der Waals surface area contributed by atoms with E-state index < -0.39 is 34.6 Å². The van der Waals surface area contributed by atoms with Gasteiger partial charge in [0.05, 0.1) is 53.8 Å². The summed E-state index contributed by atoms with van der Waals surface area (Å²) in [7, 11) is -0.254. The van der Waals surface area contributed by atoms with E-state index in [-0.39, 0.29) is 52.7 Å². The van der Waals surface area contributed by atoms with Crippen molar-refractivity contribution in [2.75, 3.05) is 69.1 Å². The van der Waals surface area contributed by atoms with Crippen LogP contribution >= 0.6 is 0 Å². The van der Waals surface area contributed by atoms with Crippen molar-refractivity contribution >= 4 is 38.5 Å². The first kappa shape index (κ1) is 36.8. The predicted molar refractivity (Wildman–Crippen MR) is 184 cm³/mol. The molecular weight excluding hydrogens is 678 g/mol. The molecule has 1 amide bonds. The molecule has 0 spiro atoms. The molecule has 0 radical (unpaired) electrons. The van der Waals surface area contributed by atoms with Gasteiger partial charge in [0.25, 0.3) is 0 Å². The summed E-state index contributed by atoms with van der Waals surface area (Å²) >= 11 is 0. The first-order valence-electron chi connectivity index (χ1n) is 16.1. The van der Waals surface area contributed by atoms with Gasteiger partial charge in [-0.25, -0.2) is 17.8 Å². The second-order valence-electron chi connectivity index (χ2n) is 12.6. The maximum atomic E-state index is 15.2. The lowest BCUT2D eigenvalue weighted by atomic mass is 10.0. The lowest BCUT2D eigenvalue weighted by Gasteiger charge is -2.34. The van der Waals surface area contributed by atoms with Crippen LogP contribution in [0.4, 0.5) is 34.6 Å². The number of halogens is 4. The highest BCUT2D eigenvalue weighted by Gasteiger charge is 2.33. The molecule has 2 atom stereocenters. The summed E-state index contributed by atoms with van der Waals surface area (Å²) in [5.74, 6) is 5.71. The van der Waals surface area contributed by atoms with Crippen LogP contribution in [0.2, 0.25) is 0 Å².